The van der Waals surface area contributed by atoms with Gasteiger partial charge in [-0.15, -0.1) is 0 Å². The van der Waals surface area contributed by atoms with Gasteiger partial charge in [0.1, 0.15) is 17.4 Å². The van der Waals surface area contributed by atoms with Crippen LogP contribution in [-0.4, -0.2) is 4.98 Å². The summed E-state index contributed by atoms with van der Waals surface area (Å²) in [6.45, 7) is 3.70. The number of aromatic nitrogens is 1. The summed E-state index contributed by atoms with van der Waals surface area (Å²) in [6, 6.07) is 12.7. The molecule has 1 aromatic heterocycles. The second kappa shape index (κ2) is 5.20. The number of hydrogen-bond acceptors (Lipinski definition) is 4. The molecule has 1 aromatic carbocycles. The average Bonchev–Trinajstić information content (AvgIpc) is 2.41. The fourth-order valence-corrected chi connectivity index (χ4v) is 1.58. The van der Waals surface area contributed by atoms with Gasteiger partial charge in [0, 0.05) is 5.69 Å². The molecule has 19 heavy (non-hydrogen) atoms. The van der Waals surface area contributed by atoms with Crippen molar-refractivity contribution in [1.82, 2.24) is 4.98 Å². The highest BCUT2D eigenvalue weighted by molar-refractivity contribution is 5.46. The molecule has 2 aromatic rings. The van der Waals surface area contributed by atoms with Gasteiger partial charge in [-0.25, -0.2) is 4.98 Å². The van der Waals surface area contributed by atoms with Crippen LogP contribution in [0.5, 0.6) is 11.6 Å². The normalized spacial score (nSPS) is 9.47. The van der Waals surface area contributed by atoms with E-state index < -0.39 is 0 Å². The Balaban J connectivity index is 2.45. The molecule has 0 radical (unpaired) electrons. The van der Waals surface area contributed by atoms with E-state index in [9.17, 15) is 0 Å². The highest BCUT2D eigenvalue weighted by atomic mass is 16.5. The number of aryl methyl sites for hydroxylation is 2. The molecule has 0 aliphatic carbocycles. The van der Waals surface area contributed by atoms with Crippen LogP contribution in [0.15, 0.2) is 30.3 Å². The minimum Gasteiger partial charge on any atom is -0.437 e. The molecule has 1 heterocycles. The van der Waals surface area contributed by atoms with Crippen LogP contribution in [0.4, 0.5) is 0 Å². The van der Waals surface area contributed by atoms with Gasteiger partial charge in [-0.05, 0) is 43.7 Å². The van der Waals surface area contributed by atoms with Crippen LogP contribution in [0.2, 0.25) is 0 Å². The van der Waals surface area contributed by atoms with Crippen LogP contribution < -0.4 is 4.74 Å². The van der Waals surface area contributed by atoms with Crippen molar-refractivity contribution in [2.45, 2.75) is 13.8 Å². The van der Waals surface area contributed by atoms with E-state index in [1.54, 1.807) is 30.3 Å². The molecule has 4 nitrogen and oxygen atoms in total. The van der Waals surface area contributed by atoms with Crippen molar-refractivity contribution >= 4 is 0 Å². The molecule has 0 N–H and O–H groups in total. The fourth-order valence-electron chi connectivity index (χ4n) is 1.58. The zero-order valence-electron chi connectivity index (χ0n) is 10.6. The molecule has 0 unspecified atom stereocenters. The number of benzene rings is 1. The summed E-state index contributed by atoms with van der Waals surface area (Å²) in [6.07, 6.45) is 0. The molecule has 0 amide bonds. The van der Waals surface area contributed by atoms with Gasteiger partial charge in [-0.3, -0.25) is 0 Å². The molecular formula is C15H11N3O. The standard InChI is InChI=1S/C15H11N3O/c1-10-3-5-12(8-16)7-14(10)19-15-13(9-17)6-4-11(2)18-15/h3-7H,1-2H3. The maximum atomic E-state index is 9.04. The highest BCUT2D eigenvalue weighted by Crippen LogP contribution is 2.27. The van der Waals surface area contributed by atoms with E-state index in [4.69, 9.17) is 15.3 Å². The molecule has 0 aliphatic heterocycles. The summed E-state index contributed by atoms with van der Waals surface area (Å²) in [5.74, 6) is 0.800. The Morgan fingerprint density at radius 2 is 1.84 bits per heavy atom. The zero-order chi connectivity index (χ0) is 13.8. The summed E-state index contributed by atoms with van der Waals surface area (Å²) in [7, 11) is 0. The third kappa shape index (κ3) is 2.70. The number of nitriles is 2. The Morgan fingerprint density at radius 1 is 1.05 bits per heavy atom. The van der Waals surface area contributed by atoms with Crippen molar-refractivity contribution in [1.29, 1.82) is 10.5 Å². The number of hydrogen-bond donors (Lipinski definition) is 0. The van der Waals surface area contributed by atoms with E-state index >= 15 is 0 Å². The molecule has 92 valence electrons. The lowest BCUT2D eigenvalue weighted by molar-refractivity contribution is 0.456. The Kier molecular flexibility index (Phi) is 3.45. The molecule has 4 heteroatoms. The summed E-state index contributed by atoms with van der Waals surface area (Å²) in [5.41, 5.74) is 2.52. The third-order valence-corrected chi connectivity index (χ3v) is 2.64. The first-order valence-corrected chi connectivity index (χ1v) is 5.70. The second-order valence-corrected chi connectivity index (χ2v) is 4.11. The quantitative estimate of drug-likeness (QED) is 0.819. The highest BCUT2D eigenvalue weighted by Gasteiger charge is 2.09. The van der Waals surface area contributed by atoms with E-state index in [1.807, 2.05) is 19.9 Å². The van der Waals surface area contributed by atoms with Gasteiger partial charge >= 0.3 is 0 Å². The van der Waals surface area contributed by atoms with Crippen LogP contribution in [0, 0.1) is 36.5 Å². The van der Waals surface area contributed by atoms with Crippen molar-refractivity contribution in [2.24, 2.45) is 0 Å². The largest absolute Gasteiger partial charge is 0.437 e. The SMILES string of the molecule is Cc1ccc(C#N)c(Oc2cc(C#N)ccc2C)n1. The second-order valence-electron chi connectivity index (χ2n) is 4.11. The average molecular weight is 249 g/mol. The Labute approximate surface area is 111 Å². The monoisotopic (exact) mass is 249 g/mol. The van der Waals surface area contributed by atoms with Crippen molar-refractivity contribution in [3.05, 3.63) is 52.7 Å². The van der Waals surface area contributed by atoms with E-state index in [1.165, 1.54) is 0 Å². The molecule has 0 atom stereocenters. The number of nitrogens with zero attached hydrogens (tertiary/aromatic N) is 3. The molecule has 2 rings (SSSR count). The van der Waals surface area contributed by atoms with Gasteiger partial charge in [0.05, 0.1) is 11.6 Å². The lowest BCUT2D eigenvalue weighted by atomic mass is 10.1. The Hall–Kier alpha value is -2.85. The molecule has 0 saturated carbocycles. The predicted octanol–water partition coefficient (Wildman–Crippen LogP) is 3.23. The van der Waals surface area contributed by atoms with Crippen LogP contribution in [0.3, 0.4) is 0 Å². The van der Waals surface area contributed by atoms with Gasteiger partial charge in [-0.1, -0.05) is 6.07 Å². The summed E-state index contributed by atoms with van der Waals surface area (Å²) >= 11 is 0. The van der Waals surface area contributed by atoms with Gasteiger partial charge in [0.25, 0.3) is 0 Å². The van der Waals surface area contributed by atoms with Crippen molar-refractivity contribution in [3.63, 3.8) is 0 Å². The summed E-state index contributed by atoms with van der Waals surface area (Å²) in [4.78, 5) is 4.21. The van der Waals surface area contributed by atoms with Crippen LogP contribution >= 0.6 is 0 Å². The number of rotatable bonds is 2. The molecule has 0 bridgehead atoms. The van der Waals surface area contributed by atoms with E-state index in [0.717, 1.165) is 11.3 Å². The third-order valence-electron chi connectivity index (χ3n) is 2.64. The van der Waals surface area contributed by atoms with Crippen molar-refractivity contribution in [2.75, 3.05) is 0 Å². The van der Waals surface area contributed by atoms with Crippen LogP contribution in [0.25, 0.3) is 0 Å². The zero-order valence-corrected chi connectivity index (χ0v) is 10.6. The Bertz CT molecular complexity index is 708. The smallest absolute Gasteiger partial charge is 0.237 e. The molecular weight excluding hydrogens is 238 g/mol. The Morgan fingerprint density at radius 3 is 2.53 bits per heavy atom. The maximum absolute atomic E-state index is 9.04. The lowest BCUT2D eigenvalue weighted by Crippen LogP contribution is -1.95. The minimum absolute atomic E-state index is 0.265. The fraction of sp³-hybridized carbons (Fsp3) is 0.133. The van der Waals surface area contributed by atoms with Crippen LogP contribution in [0.1, 0.15) is 22.4 Å². The van der Waals surface area contributed by atoms with E-state index in [0.29, 0.717) is 16.9 Å². The van der Waals surface area contributed by atoms with Crippen LogP contribution in [-0.2, 0) is 0 Å². The molecule has 0 fully saturated rings. The van der Waals surface area contributed by atoms with E-state index in [2.05, 4.69) is 11.1 Å². The van der Waals surface area contributed by atoms with E-state index in [-0.39, 0.29) is 5.88 Å². The summed E-state index contributed by atoms with van der Waals surface area (Å²) in [5, 5.41) is 17.9. The topological polar surface area (TPSA) is 69.7 Å². The minimum atomic E-state index is 0.265. The first kappa shape index (κ1) is 12.6. The molecule has 0 spiro atoms. The summed E-state index contributed by atoms with van der Waals surface area (Å²) < 4.78 is 5.67. The predicted molar refractivity (Wildman–Crippen MR) is 69.7 cm³/mol. The number of ether oxygens (including phenoxy) is 1. The number of pyridine rings is 1. The molecule has 0 aliphatic rings. The van der Waals surface area contributed by atoms with Gasteiger partial charge in [0.15, 0.2) is 0 Å². The maximum Gasteiger partial charge on any atom is 0.237 e. The lowest BCUT2D eigenvalue weighted by Gasteiger charge is -2.09. The van der Waals surface area contributed by atoms with Gasteiger partial charge < -0.3 is 4.74 Å². The van der Waals surface area contributed by atoms with Gasteiger partial charge in [0.2, 0.25) is 5.88 Å². The first-order chi connectivity index (χ1) is 9.13. The van der Waals surface area contributed by atoms with Crippen molar-refractivity contribution < 1.29 is 4.74 Å². The first-order valence-electron chi connectivity index (χ1n) is 5.70. The molecule has 0 saturated heterocycles. The van der Waals surface area contributed by atoms with Gasteiger partial charge in [-0.2, -0.15) is 10.5 Å². The van der Waals surface area contributed by atoms with Crippen molar-refractivity contribution in [3.8, 4) is 23.8 Å².